The topological polar surface area (TPSA) is 15.3 Å². The number of piperidine rings is 1. The normalized spacial score (nSPS) is 31.1. The Morgan fingerprint density at radius 2 is 2.05 bits per heavy atom. The van der Waals surface area contributed by atoms with Gasteiger partial charge in [-0.2, -0.15) is 0 Å². The summed E-state index contributed by atoms with van der Waals surface area (Å²) >= 11 is 0. The number of benzene rings is 1. The smallest absolute Gasteiger partial charge is 0.0401 e. The van der Waals surface area contributed by atoms with Gasteiger partial charge in [0.15, 0.2) is 0 Å². The number of fused-ring (bicyclic) bond motifs is 1. The minimum absolute atomic E-state index is 0.706. The maximum Gasteiger partial charge on any atom is 0.0401 e. The molecule has 2 fully saturated rings. The highest BCUT2D eigenvalue weighted by Gasteiger charge is 2.54. The number of hydrogen-bond acceptors (Lipinski definition) is 2. The molecule has 4 rings (SSSR count). The van der Waals surface area contributed by atoms with Crippen LogP contribution < -0.4 is 10.2 Å². The maximum atomic E-state index is 3.52. The van der Waals surface area contributed by atoms with Crippen LogP contribution in [0.2, 0.25) is 0 Å². The van der Waals surface area contributed by atoms with Gasteiger partial charge in [0.2, 0.25) is 0 Å². The van der Waals surface area contributed by atoms with Crippen LogP contribution in [-0.4, -0.2) is 25.7 Å². The lowest BCUT2D eigenvalue weighted by Gasteiger charge is -2.38. The van der Waals surface area contributed by atoms with Gasteiger partial charge in [0.1, 0.15) is 0 Å². The van der Waals surface area contributed by atoms with Crippen molar-refractivity contribution >= 4 is 5.69 Å². The Morgan fingerprint density at radius 3 is 2.90 bits per heavy atom. The van der Waals surface area contributed by atoms with Crippen LogP contribution in [0.15, 0.2) is 24.3 Å². The van der Waals surface area contributed by atoms with Gasteiger partial charge in [-0.05, 0) is 75.1 Å². The molecule has 1 aromatic rings. The molecule has 1 aromatic carbocycles. The van der Waals surface area contributed by atoms with E-state index in [0.29, 0.717) is 11.5 Å². The largest absolute Gasteiger partial charge is 0.368 e. The summed E-state index contributed by atoms with van der Waals surface area (Å²) < 4.78 is 0. The predicted molar refractivity (Wildman–Crippen MR) is 84.2 cm³/mol. The highest BCUT2D eigenvalue weighted by Crippen LogP contribution is 2.59. The number of nitrogens with zero attached hydrogens (tertiary/aromatic N) is 1. The minimum Gasteiger partial charge on any atom is -0.368 e. The fourth-order valence-electron chi connectivity index (χ4n) is 4.50. The SMILES string of the molecule is CC1CCc2ccccc2N1CC1CC12CCNCC2. The van der Waals surface area contributed by atoms with Crippen molar-refractivity contribution in [3.05, 3.63) is 29.8 Å². The average molecular weight is 270 g/mol. The van der Waals surface area contributed by atoms with Crippen LogP contribution in [-0.2, 0) is 6.42 Å². The van der Waals surface area contributed by atoms with E-state index >= 15 is 0 Å². The maximum absolute atomic E-state index is 3.52. The molecule has 2 heteroatoms. The first kappa shape index (κ1) is 12.7. The van der Waals surface area contributed by atoms with Crippen LogP contribution in [0, 0.1) is 11.3 Å². The third-order valence-corrected chi connectivity index (χ3v) is 6.04. The molecule has 0 amide bonds. The lowest BCUT2D eigenvalue weighted by molar-refractivity contribution is 0.320. The van der Waals surface area contributed by atoms with E-state index in [1.807, 2.05) is 0 Å². The van der Waals surface area contributed by atoms with Crippen LogP contribution in [0.5, 0.6) is 0 Å². The molecule has 1 spiro atoms. The first-order chi connectivity index (χ1) is 9.78. The van der Waals surface area contributed by atoms with Gasteiger partial charge in [-0.3, -0.25) is 0 Å². The van der Waals surface area contributed by atoms with Gasteiger partial charge < -0.3 is 10.2 Å². The summed E-state index contributed by atoms with van der Waals surface area (Å²) in [5.41, 5.74) is 3.78. The van der Waals surface area contributed by atoms with E-state index in [1.165, 1.54) is 57.4 Å². The molecule has 2 heterocycles. The van der Waals surface area contributed by atoms with Gasteiger partial charge in [-0.15, -0.1) is 0 Å². The number of aryl methyl sites for hydroxylation is 1. The third-order valence-electron chi connectivity index (χ3n) is 6.04. The molecule has 1 saturated heterocycles. The third kappa shape index (κ3) is 2.05. The van der Waals surface area contributed by atoms with Crippen molar-refractivity contribution in [3.8, 4) is 0 Å². The average Bonchev–Trinajstić information content (AvgIpc) is 3.14. The molecule has 20 heavy (non-hydrogen) atoms. The van der Waals surface area contributed by atoms with Crippen molar-refractivity contribution in [1.29, 1.82) is 0 Å². The van der Waals surface area contributed by atoms with Crippen molar-refractivity contribution in [2.45, 2.75) is 45.1 Å². The van der Waals surface area contributed by atoms with Crippen molar-refractivity contribution < 1.29 is 0 Å². The van der Waals surface area contributed by atoms with Crippen LogP contribution in [0.25, 0.3) is 0 Å². The van der Waals surface area contributed by atoms with Gasteiger partial charge in [-0.1, -0.05) is 18.2 Å². The van der Waals surface area contributed by atoms with E-state index in [9.17, 15) is 0 Å². The van der Waals surface area contributed by atoms with Gasteiger partial charge in [-0.25, -0.2) is 0 Å². The molecule has 1 N–H and O–H groups in total. The number of hydrogen-bond donors (Lipinski definition) is 1. The Bertz CT molecular complexity index is 490. The van der Waals surface area contributed by atoms with Crippen molar-refractivity contribution in [2.24, 2.45) is 11.3 Å². The monoisotopic (exact) mass is 270 g/mol. The second-order valence-corrected chi connectivity index (χ2v) is 7.18. The predicted octanol–water partition coefficient (Wildman–Crippen LogP) is 3.22. The fraction of sp³-hybridized carbons (Fsp3) is 0.667. The van der Waals surface area contributed by atoms with Crippen LogP contribution in [0.1, 0.15) is 38.2 Å². The Kier molecular flexibility index (Phi) is 3.03. The Hall–Kier alpha value is -1.02. The number of anilines is 1. The molecule has 2 aliphatic heterocycles. The molecule has 0 aromatic heterocycles. The van der Waals surface area contributed by atoms with Crippen molar-refractivity contribution in [2.75, 3.05) is 24.5 Å². The molecule has 2 atom stereocenters. The van der Waals surface area contributed by atoms with Gasteiger partial charge >= 0.3 is 0 Å². The van der Waals surface area contributed by atoms with E-state index < -0.39 is 0 Å². The molecule has 2 unspecified atom stereocenters. The lowest BCUT2D eigenvalue weighted by atomic mass is 9.90. The van der Waals surface area contributed by atoms with Gasteiger partial charge in [0, 0.05) is 18.3 Å². The van der Waals surface area contributed by atoms with E-state index in [0.717, 1.165) is 5.92 Å². The number of para-hydroxylation sites is 1. The first-order valence-electron chi connectivity index (χ1n) is 8.34. The Balaban J connectivity index is 1.51. The Morgan fingerprint density at radius 1 is 1.25 bits per heavy atom. The van der Waals surface area contributed by atoms with E-state index in [1.54, 1.807) is 5.56 Å². The highest BCUT2D eigenvalue weighted by molar-refractivity contribution is 5.56. The van der Waals surface area contributed by atoms with Crippen molar-refractivity contribution in [1.82, 2.24) is 5.32 Å². The molecule has 108 valence electrons. The van der Waals surface area contributed by atoms with E-state index in [-0.39, 0.29) is 0 Å². The number of rotatable bonds is 2. The number of nitrogens with one attached hydrogen (secondary N) is 1. The summed E-state index contributed by atoms with van der Waals surface area (Å²) in [4.78, 5) is 2.71. The summed E-state index contributed by atoms with van der Waals surface area (Å²) in [7, 11) is 0. The fourth-order valence-corrected chi connectivity index (χ4v) is 4.50. The quantitative estimate of drug-likeness (QED) is 0.887. The second-order valence-electron chi connectivity index (χ2n) is 7.18. The van der Waals surface area contributed by atoms with Crippen LogP contribution >= 0.6 is 0 Å². The standard InChI is InChI=1S/C18H26N2/c1-14-6-7-15-4-2-3-5-17(15)20(14)13-16-12-18(16)8-10-19-11-9-18/h2-5,14,16,19H,6-13H2,1H3. The van der Waals surface area contributed by atoms with Crippen LogP contribution in [0.3, 0.4) is 0 Å². The zero-order chi connectivity index (χ0) is 13.6. The highest BCUT2D eigenvalue weighted by atomic mass is 15.2. The summed E-state index contributed by atoms with van der Waals surface area (Å²) in [5, 5.41) is 3.52. The molecular weight excluding hydrogens is 244 g/mol. The summed E-state index contributed by atoms with van der Waals surface area (Å²) in [6.45, 7) is 6.18. The first-order valence-corrected chi connectivity index (χ1v) is 8.34. The minimum atomic E-state index is 0.706. The van der Waals surface area contributed by atoms with Crippen molar-refractivity contribution in [3.63, 3.8) is 0 Å². The Labute approximate surface area is 122 Å². The van der Waals surface area contributed by atoms with Gasteiger partial charge in [0.25, 0.3) is 0 Å². The summed E-state index contributed by atoms with van der Waals surface area (Å²) in [5.74, 6) is 0.943. The van der Waals surface area contributed by atoms with E-state index in [2.05, 4.69) is 41.4 Å². The molecular formula is C18H26N2. The molecule has 1 saturated carbocycles. The lowest BCUT2D eigenvalue weighted by Crippen LogP contribution is -2.40. The molecule has 3 aliphatic rings. The zero-order valence-electron chi connectivity index (χ0n) is 12.6. The molecule has 0 radical (unpaired) electrons. The summed E-state index contributed by atoms with van der Waals surface area (Å²) in [6.07, 6.45) is 6.86. The molecule has 2 nitrogen and oxygen atoms in total. The zero-order valence-corrected chi connectivity index (χ0v) is 12.6. The van der Waals surface area contributed by atoms with Gasteiger partial charge in [0.05, 0.1) is 0 Å². The summed E-state index contributed by atoms with van der Waals surface area (Å²) in [6, 6.07) is 9.77. The van der Waals surface area contributed by atoms with E-state index in [4.69, 9.17) is 0 Å². The molecule has 0 bridgehead atoms. The molecule has 1 aliphatic carbocycles. The van der Waals surface area contributed by atoms with Crippen LogP contribution in [0.4, 0.5) is 5.69 Å². The second kappa shape index (κ2) is 4.77.